The van der Waals surface area contributed by atoms with Gasteiger partial charge in [0.15, 0.2) is 0 Å². The minimum absolute atomic E-state index is 0.0499. The number of carbonyl (C=O) groups is 2. The van der Waals surface area contributed by atoms with E-state index < -0.39 is 5.91 Å². The molecule has 1 N–H and O–H groups in total. The Labute approximate surface area is 168 Å². The average Bonchev–Trinajstić information content (AvgIpc) is 2.77. The van der Waals surface area contributed by atoms with Crippen LogP contribution in [-0.4, -0.2) is 28.2 Å². The van der Waals surface area contributed by atoms with Gasteiger partial charge < -0.3 is 10.2 Å². The molecule has 0 atom stereocenters. The molecule has 2 amide bonds. The topological polar surface area (TPSA) is 62.3 Å². The fourth-order valence-electron chi connectivity index (χ4n) is 3.45. The van der Waals surface area contributed by atoms with E-state index in [1.54, 1.807) is 29.2 Å². The van der Waals surface area contributed by atoms with Gasteiger partial charge in [-0.15, -0.1) is 0 Å². The van der Waals surface area contributed by atoms with Crippen LogP contribution in [0.2, 0.25) is 0 Å². The van der Waals surface area contributed by atoms with Crippen LogP contribution in [0.5, 0.6) is 0 Å². The normalized spacial score (nSPS) is 12.9. The summed E-state index contributed by atoms with van der Waals surface area (Å²) in [5, 5.41) is 2.65. The summed E-state index contributed by atoms with van der Waals surface area (Å²) in [6, 6.07) is 17.4. The van der Waals surface area contributed by atoms with Gasteiger partial charge in [-0.2, -0.15) is 0 Å². The second-order valence-electron chi connectivity index (χ2n) is 6.95. The first-order chi connectivity index (χ1) is 14.1. The number of halogens is 1. The summed E-state index contributed by atoms with van der Waals surface area (Å²) in [4.78, 5) is 31.2. The fourth-order valence-corrected chi connectivity index (χ4v) is 3.45. The van der Waals surface area contributed by atoms with E-state index in [1.807, 2.05) is 18.2 Å². The van der Waals surface area contributed by atoms with Crippen LogP contribution in [0.25, 0.3) is 0 Å². The van der Waals surface area contributed by atoms with E-state index in [0.717, 1.165) is 12.0 Å². The summed E-state index contributed by atoms with van der Waals surface area (Å²) in [6.45, 7) is 1.23. The first kappa shape index (κ1) is 18.8. The lowest BCUT2D eigenvalue weighted by Gasteiger charge is -2.29. The minimum atomic E-state index is -0.452. The number of rotatable bonds is 4. The van der Waals surface area contributed by atoms with Crippen molar-refractivity contribution in [1.29, 1.82) is 0 Å². The molecule has 1 aliphatic heterocycles. The average molecular weight is 389 g/mol. The lowest BCUT2D eigenvalue weighted by molar-refractivity contribution is 0.0734. The molecule has 0 fully saturated rings. The Hall–Kier alpha value is -3.54. The highest BCUT2D eigenvalue weighted by Gasteiger charge is 2.22. The molecule has 146 valence electrons. The molecule has 5 nitrogen and oxygen atoms in total. The van der Waals surface area contributed by atoms with Crippen molar-refractivity contribution in [3.05, 3.63) is 101 Å². The molecule has 0 saturated heterocycles. The van der Waals surface area contributed by atoms with E-state index in [-0.39, 0.29) is 24.0 Å². The number of fused-ring (bicyclic) bond motifs is 1. The Balaban J connectivity index is 1.45. The van der Waals surface area contributed by atoms with Gasteiger partial charge in [-0.05, 0) is 35.7 Å². The van der Waals surface area contributed by atoms with Gasteiger partial charge in [0.1, 0.15) is 11.5 Å². The molecule has 0 saturated carbocycles. The summed E-state index contributed by atoms with van der Waals surface area (Å²) in [7, 11) is 0. The van der Waals surface area contributed by atoms with Gasteiger partial charge in [0.25, 0.3) is 11.8 Å². The maximum Gasteiger partial charge on any atom is 0.270 e. The van der Waals surface area contributed by atoms with Gasteiger partial charge >= 0.3 is 0 Å². The van der Waals surface area contributed by atoms with Crippen LogP contribution < -0.4 is 5.32 Å². The van der Waals surface area contributed by atoms with E-state index in [4.69, 9.17) is 0 Å². The lowest BCUT2D eigenvalue weighted by atomic mass is 9.99. The summed E-state index contributed by atoms with van der Waals surface area (Å²) in [5.41, 5.74) is 3.34. The maximum absolute atomic E-state index is 13.7. The molecule has 0 bridgehead atoms. The van der Waals surface area contributed by atoms with Crippen molar-refractivity contribution in [3.8, 4) is 0 Å². The molecular weight excluding hydrogens is 369 g/mol. The highest BCUT2D eigenvalue weighted by atomic mass is 19.1. The van der Waals surface area contributed by atoms with Gasteiger partial charge in [0.2, 0.25) is 0 Å². The second-order valence-corrected chi connectivity index (χ2v) is 6.95. The molecule has 0 radical (unpaired) electrons. The van der Waals surface area contributed by atoms with Crippen LogP contribution in [0.1, 0.15) is 37.5 Å². The van der Waals surface area contributed by atoms with Crippen molar-refractivity contribution >= 4 is 11.8 Å². The third kappa shape index (κ3) is 4.16. The molecular formula is C23H20FN3O2. The van der Waals surface area contributed by atoms with Crippen LogP contribution in [0, 0.1) is 5.82 Å². The van der Waals surface area contributed by atoms with Gasteiger partial charge in [-0.3, -0.25) is 14.6 Å². The minimum Gasteiger partial charge on any atom is -0.347 e. The van der Waals surface area contributed by atoms with E-state index in [2.05, 4.69) is 16.4 Å². The smallest absolute Gasteiger partial charge is 0.270 e. The van der Waals surface area contributed by atoms with Gasteiger partial charge in [0.05, 0.1) is 0 Å². The molecule has 1 aliphatic rings. The molecule has 0 aliphatic carbocycles. The molecule has 2 heterocycles. The van der Waals surface area contributed by atoms with Crippen molar-refractivity contribution in [2.24, 2.45) is 0 Å². The number of nitrogens with one attached hydrogen (secondary N) is 1. The Morgan fingerprint density at radius 2 is 1.79 bits per heavy atom. The first-order valence-electron chi connectivity index (χ1n) is 9.45. The molecule has 29 heavy (non-hydrogen) atoms. The number of amides is 2. The van der Waals surface area contributed by atoms with Crippen molar-refractivity contribution in [1.82, 2.24) is 15.2 Å². The Kier molecular flexibility index (Phi) is 5.33. The van der Waals surface area contributed by atoms with E-state index in [9.17, 15) is 14.0 Å². The zero-order valence-electron chi connectivity index (χ0n) is 15.8. The highest BCUT2D eigenvalue weighted by molar-refractivity contribution is 5.98. The molecule has 0 unspecified atom stereocenters. The monoisotopic (exact) mass is 389 g/mol. The van der Waals surface area contributed by atoms with E-state index >= 15 is 0 Å². The van der Waals surface area contributed by atoms with Gasteiger partial charge in [-0.1, -0.05) is 42.5 Å². The number of carbonyl (C=O) groups excluding carboxylic acids is 2. The third-order valence-electron chi connectivity index (χ3n) is 5.05. The quantitative estimate of drug-likeness (QED) is 0.744. The highest BCUT2D eigenvalue weighted by Crippen LogP contribution is 2.20. The molecule has 4 rings (SSSR count). The molecule has 1 aromatic heterocycles. The maximum atomic E-state index is 13.7. The van der Waals surface area contributed by atoms with Crippen LogP contribution in [0.3, 0.4) is 0 Å². The molecule has 6 heteroatoms. The fraction of sp³-hybridized carbons (Fsp3) is 0.174. The largest absolute Gasteiger partial charge is 0.347 e. The summed E-state index contributed by atoms with van der Waals surface area (Å²) < 4.78 is 13.7. The standard InChI is InChI=1S/C23H20FN3O2/c24-20-8-4-3-6-18(20)14-26-22(28)21-13-17(9-11-25-21)23(29)27-12-10-16-5-1-2-7-19(16)15-27/h1-9,11,13H,10,12,14-15H2,(H,26,28). The van der Waals surface area contributed by atoms with E-state index in [0.29, 0.717) is 24.2 Å². The predicted octanol–water partition coefficient (Wildman–Crippen LogP) is 3.35. The number of hydrogen-bond acceptors (Lipinski definition) is 3. The molecule has 3 aromatic rings. The zero-order chi connectivity index (χ0) is 20.2. The summed E-state index contributed by atoms with van der Waals surface area (Å²) >= 11 is 0. The van der Waals surface area contributed by atoms with Crippen LogP contribution in [0.15, 0.2) is 66.9 Å². The Morgan fingerprint density at radius 1 is 1.03 bits per heavy atom. The summed E-state index contributed by atoms with van der Waals surface area (Å²) in [5.74, 6) is -0.966. The predicted molar refractivity (Wildman–Crippen MR) is 107 cm³/mol. The Bertz CT molecular complexity index is 1070. The molecule has 2 aromatic carbocycles. The number of pyridine rings is 1. The van der Waals surface area contributed by atoms with Crippen LogP contribution >= 0.6 is 0 Å². The number of aromatic nitrogens is 1. The number of hydrogen-bond donors (Lipinski definition) is 1. The first-order valence-corrected chi connectivity index (χ1v) is 9.45. The zero-order valence-corrected chi connectivity index (χ0v) is 15.8. The van der Waals surface area contributed by atoms with Crippen molar-refractivity contribution in [2.45, 2.75) is 19.5 Å². The summed E-state index contributed by atoms with van der Waals surface area (Å²) in [6.07, 6.45) is 2.26. The number of benzene rings is 2. The lowest BCUT2D eigenvalue weighted by Crippen LogP contribution is -2.36. The van der Waals surface area contributed by atoms with Crippen molar-refractivity contribution < 1.29 is 14.0 Å². The van der Waals surface area contributed by atoms with Crippen molar-refractivity contribution in [3.63, 3.8) is 0 Å². The SMILES string of the molecule is O=C(NCc1ccccc1F)c1cc(C(=O)N2CCc3ccccc3C2)ccn1. The molecule has 0 spiro atoms. The van der Waals surface area contributed by atoms with Crippen LogP contribution in [-0.2, 0) is 19.5 Å². The Morgan fingerprint density at radius 3 is 2.62 bits per heavy atom. The third-order valence-corrected chi connectivity index (χ3v) is 5.05. The second kappa shape index (κ2) is 8.22. The van der Waals surface area contributed by atoms with E-state index in [1.165, 1.54) is 23.9 Å². The van der Waals surface area contributed by atoms with Gasteiger partial charge in [-0.25, -0.2) is 4.39 Å². The van der Waals surface area contributed by atoms with Gasteiger partial charge in [0, 0.05) is 37.0 Å². The van der Waals surface area contributed by atoms with Crippen LogP contribution in [0.4, 0.5) is 4.39 Å². The number of nitrogens with zero attached hydrogens (tertiary/aromatic N) is 2. The van der Waals surface area contributed by atoms with Crippen molar-refractivity contribution in [2.75, 3.05) is 6.54 Å².